The summed E-state index contributed by atoms with van der Waals surface area (Å²) in [6.07, 6.45) is 2.92. The molecule has 9 heteroatoms. The van der Waals surface area contributed by atoms with E-state index >= 15 is 0 Å². The molecule has 0 aliphatic carbocycles. The van der Waals surface area contributed by atoms with E-state index in [1.807, 2.05) is 13.8 Å². The summed E-state index contributed by atoms with van der Waals surface area (Å²) in [4.78, 5) is 3.98. The number of rotatable bonds is 8. The maximum Gasteiger partial charge on any atom is 0.240 e. The van der Waals surface area contributed by atoms with Crippen molar-refractivity contribution < 1.29 is 21.2 Å². The number of hydrogen-bond donors (Lipinski definition) is 1. The molecule has 0 aliphatic heterocycles. The largest absolute Gasteiger partial charge is 0.264 e. The van der Waals surface area contributed by atoms with Crippen LogP contribution in [-0.4, -0.2) is 28.4 Å². The lowest BCUT2D eigenvalue weighted by Crippen LogP contribution is -2.32. The summed E-state index contributed by atoms with van der Waals surface area (Å²) in [6.45, 7) is 5.09. The second-order valence-corrected chi connectivity index (χ2v) is 11.7. The van der Waals surface area contributed by atoms with Gasteiger partial charge in [-0.3, -0.25) is 4.98 Å². The Hall–Kier alpha value is -2.62. The Labute approximate surface area is 188 Å². The first kappa shape index (κ1) is 24.0. The molecule has 1 atom stereocenters. The summed E-state index contributed by atoms with van der Waals surface area (Å²) in [5, 5.41) is -1.20. The SMILES string of the molecule is Cc1cc(F)ccc1S(=O)(=O)NCC(c1cccnc1)S(=O)(=O)c1ccc(C(C)C)cc1. The Morgan fingerprint density at radius 3 is 2.22 bits per heavy atom. The van der Waals surface area contributed by atoms with E-state index in [0.29, 0.717) is 5.56 Å². The maximum absolute atomic E-state index is 13.5. The second-order valence-electron chi connectivity index (χ2n) is 7.81. The molecule has 32 heavy (non-hydrogen) atoms. The molecule has 6 nitrogen and oxygen atoms in total. The van der Waals surface area contributed by atoms with Crippen LogP contribution < -0.4 is 4.72 Å². The molecule has 1 heterocycles. The smallest absolute Gasteiger partial charge is 0.240 e. The van der Waals surface area contributed by atoms with Gasteiger partial charge in [0.05, 0.1) is 9.79 Å². The summed E-state index contributed by atoms with van der Waals surface area (Å²) in [5.74, 6) is -0.311. The Morgan fingerprint density at radius 1 is 0.969 bits per heavy atom. The van der Waals surface area contributed by atoms with Crippen molar-refractivity contribution in [2.45, 2.75) is 41.7 Å². The molecule has 1 aromatic heterocycles. The third kappa shape index (κ3) is 5.23. The molecule has 0 bridgehead atoms. The topological polar surface area (TPSA) is 93.2 Å². The van der Waals surface area contributed by atoms with Crippen LogP contribution in [0.15, 0.2) is 76.8 Å². The van der Waals surface area contributed by atoms with Gasteiger partial charge in [-0.2, -0.15) is 0 Å². The molecule has 0 radical (unpaired) electrons. The van der Waals surface area contributed by atoms with Crippen LogP contribution in [0.1, 0.15) is 41.7 Å². The van der Waals surface area contributed by atoms with E-state index in [-0.39, 0.29) is 21.3 Å². The van der Waals surface area contributed by atoms with Gasteiger partial charge in [0.15, 0.2) is 9.84 Å². The lowest BCUT2D eigenvalue weighted by atomic mass is 10.0. The summed E-state index contributed by atoms with van der Waals surface area (Å²) in [5.41, 5.74) is 1.58. The van der Waals surface area contributed by atoms with Gasteiger partial charge in [0.1, 0.15) is 11.1 Å². The molecule has 0 spiro atoms. The Morgan fingerprint density at radius 2 is 1.66 bits per heavy atom. The first-order chi connectivity index (χ1) is 15.0. The van der Waals surface area contributed by atoms with E-state index in [2.05, 4.69) is 9.71 Å². The highest BCUT2D eigenvalue weighted by Gasteiger charge is 2.31. The number of nitrogens with one attached hydrogen (secondary N) is 1. The highest BCUT2D eigenvalue weighted by atomic mass is 32.2. The minimum absolute atomic E-state index is 0.0907. The van der Waals surface area contributed by atoms with Crippen molar-refractivity contribution in [3.05, 3.63) is 89.5 Å². The third-order valence-corrected chi connectivity index (χ3v) is 8.89. The fourth-order valence-corrected chi connectivity index (χ4v) is 6.38. The van der Waals surface area contributed by atoms with Gasteiger partial charge in [0.2, 0.25) is 10.0 Å². The Kier molecular flexibility index (Phi) is 7.12. The molecule has 3 rings (SSSR count). The highest BCUT2D eigenvalue weighted by molar-refractivity contribution is 7.92. The molecule has 0 saturated carbocycles. The van der Waals surface area contributed by atoms with Crippen molar-refractivity contribution in [2.75, 3.05) is 6.54 Å². The number of benzene rings is 2. The van der Waals surface area contributed by atoms with Crippen LogP contribution in [0.3, 0.4) is 0 Å². The van der Waals surface area contributed by atoms with Crippen molar-refractivity contribution in [1.29, 1.82) is 0 Å². The average Bonchev–Trinajstić information content (AvgIpc) is 2.74. The van der Waals surface area contributed by atoms with Gasteiger partial charge in [-0.15, -0.1) is 0 Å². The van der Waals surface area contributed by atoms with Gasteiger partial charge >= 0.3 is 0 Å². The normalized spacial score (nSPS) is 13.3. The number of aryl methyl sites for hydroxylation is 1. The van der Waals surface area contributed by atoms with Gasteiger partial charge in [-0.05, 0) is 65.9 Å². The van der Waals surface area contributed by atoms with Crippen molar-refractivity contribution >= 4 is 19.9 Å². The molecule has 0 aliphatic rings. The van der Waals surface area contributed by atoms with Gasteiger partial charge in [-0.25, -0.2) is 25.9 Å². The predicted molar refractivity (Wildman–Crippen MR) is 121 cm³/mol. The predicted octanol–water partition coefficient (Wildman–Crippen LogP) is 4.15. The fourth-order valence-electron chi connectivity index (χ4n) is 3.36. The molecular formula is C23H25FN2O4S2. The zero-order valence-corrected chi connectivity index (χ0v) is 19.6. The first-order valence-electron chi connectivity index (χ1n) is 10.0. The number of hydrogen-bond acceptors (Lipinski definition) is 5. The van der Waals surface area contributed by atoms with Crippen LogP contribution in [0.4, 0.5) is 4.39 Å². The van der Waals surface area contributed by atoms with E-state index in [1.54, 1.807) is 24.3 Å². The van der Waals surface area contributed by atoms with E-state index < -0.39 is 37.5 Å². The number of sulfone groups is 1. The molecule has 170 valence electrons. The Balaban J connectivity index is 1.96. The second kappa shape index (κ2) is 9.48. The fraction of sp³-hybridized carbons (Fsp3) is 0.261. The molecular weight excluding hydrogens is 451 g/mol. The van der Waals surface area contributed by atoms with Gasteiger partial charge in [-0.1, -0.05) is 32.0 Å². The van der Waals surface area contributed by atoms with Crippen molar-refractivity contribution in [1.82, 2.24) is 9.71 Å². The van der Waals surface area contributed by atoms with E-state index in [0.717, 1.165) is 23.8 Å². The van der Waals surface area contributed by atoms with E-state index in [9.17, 15) is 21.2 Å². The van der Waals surface area contributed by atoms with Crippen molar-refractivity contribution in [2.24, 2.45) is 0 Å². The van der Waals surface area contributed by atoms with E-state index in [4.69, 9.17) is 0 Å². The van der Waals surface area contributed by atoms with Gasteiger partial charge in [0.25, 0.3) is 0 Å². The average molecular weight is 477 g/mol. The highest BCUT2D eigenvalue weighted by Crippen LogP contribution is 2.30. The molecule has 0 saturated heterocycles. The van der Waals surface area contributed by atoms with Crippen LogP contribution in [0, 0.1) is 12.7 Å². The number of sulfonamides is 1. The third-order valence-electron chi connectivity index (χ3n) is 5.19. The monoisotopic (exact) mass is 476 g/mol. The number of halogens is 1. The van der Waals surface area contributed by atoms with E-state index in [1.165, 1.54) is 31.5 Å². The number of nitrogens with zero attached hydrogens (tertiary/aromatic N) is 1. The van der Waals surface area contributed by atoms with Crippen LogP contribution in [0.2, 0.25) is 0 Å². The summed E-state index contributed by atoms with van der Waals surface area (Å²) in [7, 11) is -8.02. The summed E-state index contributed by atoms with van der Waals surface area (Å²) < 4.78 is 68.4. The number of aromatic nitrogens is 1. The lowest BCUT2D eigenvalue weighted by molar-refractivity contribution is 0.567. The lowest BCUT2D eigenvalue weighted by Gasteiger charge is -2.19. The standard InChI is InChI=1S/C23H25FN2O4S2/c1-16(2)18-6-9-21(10-7-18)31(27,28)23(19-5-4-12-25-14-19)15-26-32(29,30)22-11-8-20(24)13-17(22)3/h4-14,16,23,26H,15H2,1-3H3. The van der Waals surface area contributed by atoms with Crippen LogP contribution in [0.25, 0.3) is 0 Å². The van der Waals surface area contributed by atoms with Crippen LogP contribution in [0.5, 0.6) is 0 Å². The zero-order valence-electron chi connectivity index (χ0n) is 18.0. The minimum atomic E-state index is -4.07. The molecule has 1 N–H and O–H groups in total. The Bertz CT molecular complexity index is 1290. The van der Waals surface area contributed by atoms with Crippen LogP contribution >= 0.6 is 0 Å². The van der Waals surface area contributed by atoms with Gasteiger partial charge < -0.3 is 0 Å². The molecule has 1 unspecified atom stereocenters. The van der Waals surface area contributed by atoms with Crippen molar-refractivity contribution in [3.63, 3.8) is 0 Å². The molecule has 2 aromatic carbocycles. The minimum Gasteiger partial charge on any atom is -0.264 e. The molecule has 0 fully saturated rings. The molecule has 3 aromatic rings. The maximum atomic E-state index is 13.5. The van der Waals surface area contributed by atoms with Crippen molar-refractivity contribution in [3.8, 4) is 0 Å². The summed E-state index contributed by atoms with van der Waals surface area (Å²) in [6, 6.07) is 13.1. The van der Waals surface area contributed by atoms with Crippen LogP contribution in [-0.2, 0) is 19.9 Å². The molecule has 0 amide bonds. The summed E-state index contributed by atoms with van der Waals surface area (Å²) >= 11 is 0. The van der Waals surface area contributed by atoms with Gasteiger partial charge in [0, 0.05) is 18.9 Å². The zero-order chi connectivity index (χ0) is 23.5. The quantitative estimate of drug-likeness (QED) is 0.527. The number of pyridine rings is 1. The first-order valence-corrected chi connectivity index (χ1v) is 13.0.